The highest BCUT2D eigenvalue weighted by molar-refractivity contribution is 5.77. The van der Waals surface area contributed by atoms with Gasteiger partial charge >= 0.3 is 0 Å². The molecular weight excluding hydrogens is 236 g/mol. The molecule has 1 amide bonds. The minimum Gasteiger partial charge on any atom is -0.492 e. The summed E-state index contributed by atoms with van der Waals surface area (Å²) >= 11 is 0. The third-order valence-electron chi connectivity index (χ3n) is 2.37. The fourth-order valence-electron chi connectivity index (χ4n) is 1.55. The zero-order chi connectivity index (χ0) is 12.8. The second kappa shape index (κ2) is 6.11. The predicted octanol–water partition coefficient (Wildman–Crippen LogP) is 0.130. The number of likely N-dealkylation sites (N-methyl/N-ethyl adjacent to an activating group) is 1. The Morgan fingerprint density at radius 2 is 2.22 bits per heavy atom. The largest absolute Gasteiger partial charge is 0.492 e. The number of carbonyl (C=O) groups excluding carboxylic acids is 1. The van der Waals surface area contributed by atoms with E-state index in [9.17, 15) is 4.79 Å². The Labute approximate surface area is 105 Å². The van der Waals surface area contributed by atoms with Crippen molar-refractivity contribution in [2.24, 2.45) is 0 Å². The van der Waals surface area contributed by atoms with Crippen LogP contribution in [0, 0.1) is 0 Å². The molecule has 2 N–H and O–H groups in total. The first-order chi connectivity index (χ1) is 8.79. The number of hydrogen-bond acceptors (Lipinski definition) is 5. The number of rotatable bonds is 6. The minimum absolute atomic E-state index is 0.0493. The Hall–Kier alpha value is -1.95. The van der Waals surface area contributed by atoms with E-state index in [4.69, 9.17) is 14.2 Å². The van der Waals surface area contributed by atoms with Crippen LogP contribution < -0.4 is 24.8 Å². The third-order valence-corrected chi connectivity index (χ3v) is 2.37. The van der Waals surface area contributed by atoms with E-state index >= 15 is 0 Å². The van der Waals surface area contributed by atoms with Gasteiger partial charge in [0.2, 0.25) is 12.7 Å². The van der Waals surface area contributed by atoms with Crippen molar-refractivity contribution in [1.29, 1.82) is 0 Å². The van der Waals surface area contributed by atoms with Crippen molar-refractivity contribution in [3.05, 3.63) is 18.2 Å². The molecule has 0 saturated carbocycles. The number of fused-ring (bicyclic) bond motifs is 1. The highest BCUT2D eigenvalue weighted by atomic mass is 16.7. The van der Waals surface area contributed by atoms with E-state index in [0.29, 0.717) is 31.2 Å². The molecule has 1 aromatic carbocycles. The number of carbonyl (C=O) groups is 1. The van der Waals surface area contributed by atoms with E-state index in [1.54, 1.807) is 19.2 Å². The van der Waals surface area contributed by atoms with Gasteiger partial charge in [-0.05, 0) is 19.2 Å². The van der Waals surface area contributed by atoms with Gasteiger partial charge in [-0.1, -0.05) is 0 Å². The Bertz CT molecular complexity index is 423. The Morgan fingerprint density at radius 1 is 1.39 bits per heavy atom. The van der Waals surface area contributed by atoms with E-state index in [-0.39, 0.29) is 12.7 Å². The van der Waals surface area contributed by atoms with Gasteiger partial charge in [0.15, 0.2) is 11.5 Å². The SMILES string of the molecule is CNCC(=O)NCCOc1ccc2c(c1)OCO2. The number of ether oxygens (including phenoxy) is 3. The summed E-state index contributed by atoms with van der Waals surface area (Å²) in [5.74, 6) is 2.06. The molecule has 0 fully saturated rings. The molecule has 0 aliphatic carbocycles. The van der Waals surface area contributed by atoms with Gasteiger partial charge in [0.25, 0.3) is 0 Å². The van der Waals surface area contributed by atoms with Crippen LogP contribution in [-0.4, -0.2) is 39.4 Å². The van der Waals surface area contributed by atoms with Crippen molar-refractivity contribution in [3.63, 3.8) is 0 Å². The van der Waals surface area contributed by atoms with Crippen LogP contribution in [0.1, 0.15) is 0 Å². The fourth-order valence-corrected chi connectivity index (χ4v) is 1.55. The van der Waals surface area contributed by atoms with Gasteiger partial charge in [-0.2, -0.15) is 0 Å². The lowest BCUT2D eigenvalue weighted by molar-refractivity contribution is -0.120. The van der Waals surface area contributed by atoms with Gasteiger partial charge in [-0.15, -0.1) is 0 Å². The van der Waals surface area contributed by atoms with Gasteiger partial charge in [0, 0.05) is 6.07 Å². The second-order valence-electron chi connectivity index (χ2n) is 3.74. The van der Waals surface area contributed by atoms with E-state index in [2.05, 4.69) is 10.6 Å². The van der Waals surface area contributed by atoms with Crippen LogP contribution in [0.3, 0.4) is 0 Å². The topological polar surface area (TPSA) is 68.8 Å². The highest BCUT2D eigenvalue weighted by Gasteiger charge is 2.13. The third kappa shape index (κ3) is 3.27. The van der Waals surface area contributed by atoms with Crippen molar-refractivity contribution >= 4 is 5.91 Å². The first-order valence-electron chi connectivity index (χ1n) is 5.73. The fraction of sp³-hybridized carbons (Fsp3) is 0.417. The monoisotopic (exact) mass is 252 g/mol. The second-order valence-corrected chi connectivity index (χ2v) is 3.74. The summed E-state index contributed by atoms with van der Waals surface area (Å²) < 4.78 is 15.9. The molecule has 0 unspecified atom stereocenters. The molecule has 1 heterocycles. The molecule has 2 rings (SSSR count). The van der Waals surface area contributed by atoms with Crippen molar-refractivity contribution in [1.82, 2.24) is 10.6 Å². The molecule has 18 heavy (non-hydrogen) atoms. The quantitative estimate of drug-likeness (QED) is 0.704. The van der Waals surface area contributed by atoms with Gasteiger partial charge < -0.3 is 24.8 Å². The van der Waals surface area contributed by atoms with E-state index in [1.165, 1.54) is 0 Å². The molecule has 0 aromatic heterocycles. The van der Waals surface area contributed by atoms with Crippen molar-refractivity contribution < 1.29 is 19.0 Å². The predicted molar refractivity (Wildman–Crippen MR) is 65.0 cm³/mol. The summed E-state index contributed by atoms with van der Waals surface area (Å²) in [6, 6.07) is 5.39. The summed E-state index contributed by atoms with van der Waals surface area (Å²) in [6.45, 7) is 1.44. The maximum atomic E-state index is 11.1. The zero-order valence-corrected chi connectivity index (χ0v) is 10.2. The lowest BCUT2D eigenvalue weighted by atomic mass is 10.3. The lowest BCUT2D eigenvalue weighted by Gasteiger charge is -2.08. The van der Waals surface area contributed by atoms with Crippen LogP contribution in [0.15, 0.2) is 18.2 Å². The van der Waals surface area contributed by atoms with Crippen LogP contribution in [0.5, 0.6) is 17.2 Å². The number of amides is 1. The van der Waals surface area contributed by atoms with Gasteiger partial charge in [0.05, 0.1) is 13.1 Å². The molecule has 0 radical (unpaired) electrons. The number of benzene rings is 1. The van der Waals surface area contributed by atoms with Crippen LogP contribution in [0.4, 0.5) is 0 Å². The maximum Gasteiger partial charge on any atom is 0.234 e. The minimum atomic E-state index is -0.0493. The smallest absolute Gasteiger partial charge is 0.234 e. The number of nitrogens with one attached hydrogen (secondary N) is 2. The van der Waals surface area contributed by atoms with Crippen LogP contribution in [0.2, 0.25) is 0 Å². The molecule has 6 heteroatoms. The lowest BCUT2D eigenvalue weighted by Crippen LogP contribution is -2.34. The maximum absolute atomic E-state index is 11.1. The summed E-state index contributed by atoms with van der Waals surface area (Å²) in [5.41, 5.74) is 0. The highest BCUT2D eigenvalue weighted by Crippen LogP contribution is 2.34. The number of hydrogen-bond donors (Lipinski definition) is 2. The molecule has 0 saturated heterocycles. The van der Waals surface area contributed by atoms with Crippen LogP contribution >= 0.6 is 0 Å². The standard InChI is InChI=1S/C12H16N2O4/c1-13-7-12(15)14-4-5-16-9-2-3-10-11(6-9)18-8-17-10/h2-3,6,13H,4-5,7-8H2,1H3,(H,14,15). The van der Waals surface area contributed by atoms with Crippen molar-refractivity contribution in [2.45, 2.75) is 0 Å². The molecule has 0 spiro atoms. The molecule has 1 aliphatic rings. The summed E-state index contributed by atoms with van der Waals surface area (Å²) in [6.07, 6.45) is 0. The summed E-state index contributed by atoms with van der Waals surface area (Å²) in [4.78, 5) is 11.1. The van der Waals surface area contributed by atoms with E-state index < -0.39 is 0 Å². The zero-order valence-electron chi connectivity index (χ0n) is 10.2. The Kier molecular flexibility index (Phi) is 4.25. The van der Waals surface area contributed by atoms with Gasteiger partial charge in [-0.3, -0.25) is 4.79 Å². The average molecular weight is 252 g/mol. The van der Waals surface area contributed by atoms with Crippen molar-refractivity contribution in [2.75, 3.05) is 33.5 Å². The molecule has 1 aliphatic heterocycles. The van der Waals surface area contributed by atoms with E-state index in [1.807, 2.05) is 6.07 Å². The van der Waals surface area contributed by atoms with Crippen LogP contribution in [-0.2, 0) is 4.79 Å². The molecule has 6 nitrogen and oxygen atoms in total. The average Bonchev–Trinajstić information content (AvgIpc) is 2.82. The first-order valence-corrected chi connectivity index (χ1v) is 5.73. The summed E-state index contributed by atoms with van der Waals surface area (Å²) in [5, 5.41) is 5.49. The summed E-state index contributed by atoms with van der Waals surface area (Å²) in [7, 11) is 1.72. The Morgan fingerprint density at radius 3 is 3.06 bits per heavy atom. The van der Waals surface area contributed by atoms with E-state index in [0.717, 1.165) is 5.75 Å². The normalized spacial score (nSPS) is 12.3. The van der Waals surface area contributed by atoms with Gasteiger partial charge in [-0.25, -0.2) is 0 Å². The Balaban J connectivity index is 1.72. The van der Waals surface area contributed by atoms with Crippen LogP contribution in [0.25, 0.3) is 0 Å². The molecule has 0 atom stereocenters. The van der Waals surface area contributed by atoms with Crippen molar-refractivity contribution in [3.8, 4) is 17.2 Å². The molecule has 1 aromatic rings. The van der Waals surface area contributed by atoms with Gasteiger partial charge in [0.1, 0.15) is 12.4 Å². The molecule has 0 bridgehead atoms. The molecule has 98 valence electrons. The first kappa shape index (κ1) is 12.5. The molecular formula is C12H16N2O4.